The zero-order valence-electron chi connectivity index (χ0n) is 17.7. The lowest BCUT2D eigenvalue weighted by molar-refractivity contribution is 0.476. The molecule has 3 aromatic heterocycles. The van der Waals surface area contributed by atoms with Gasteiger partial charge in [-0.05, 0) is 36.4 Å². The standard InChI is InChI=1S/C29H19N3O/c33-20-14-15-23-21-10-4-7-13-26(21)32(27(23)16-20)29-17-28-24(18-30-29)22-11-5-6-12-25(22)31(28)19-8-2-1-3-9-19/h1-18,33H. The Balaban J connectivity index is 1.62. The molecule has 7 aromatic rings. The lowest BCUT2D eigenvalue weighted by atomic mass is 10.1. The minimum atomic E-state index is 0.242. The van der Waals surface area contributed by atoms with Gasteiger partial charge in [0.2, 0.25) is 0 Å². The molecule has 0 bridgehead atoms. The van der Waals surface area contributed by atoms with Crippen molar-refractivity contribution in [1.82, 2.24) is 14.1 Å². The Kier molecular flexibility index (Phi) is 3.67. The Hall–Kier alpha value is -4.57. The van der Waals surface area contributed by atoms with Gasteiger partial charge >= 0.3 is 0 Å². The van der Waals surface area contributed by atoms with E-state index in [4.69, 9.17) is 4.98 Å². The molecule has 7 rings (SSSR count). The maximum absolute atomic E-state index is 10.2. The van der Waals surface area contributed by atoms with E-state index in [2.05, 4.69) is 75.9 Å². The van der Waals surface area contributed by atoms with Gasteiger partial charge in [0.15, 0.2) is 0 Å². The van der Waals surface area contributed by atoms with E-state index in [0.29, 0.717) is 0 Å². The first-order valence-corrected chi connectivity index (χ1v) is 11.0. The highest BCUT2D eigenvalue weighted by Crippen LogP contribution is 2.36. The molecule has 0 aliphatic carbocycles. The normalized spacial score (nSPS) is 11.8. The van der Waals surface area contributed by atoms with Gasteiger partial charge < -0.3 is 9.67 Å². The van der Waals surface area contributed by atoms with Gasteiger partial charge in [-0.1, -0.05) is 54.6 Å². The summed E-state index contributed by atoms with van der Waals surface area (Å²) >= 11 is 0. The number of aromatic nitrogens is 3. The molecule has 156 valence electrons. The SMILES string of the molecule is Oc1ccc2c3ccccc3n(-c3cc4c(cn3)c3ccccc3n4-c3ccccc3)c2c1. The average molecular weight is 425 g/mol. The van der Waals surface area contributed by atoms with Crippen molar-refractivity contribution in [3.63, 3.8) is 0 Å². The van der Waals surface area contributed by atoms with Gasteiger partial charge in [0.25, 0.3) is 0 Å². The number of aromatic hydroxyl groups is 1. The minimum Gasteiger partial charge on any atom is -0.508 e. The molecule has 4 heteroatoms. The van der Waals surface area contributed by atoms with Crippen molar-refractivity contribution < 1.29 is 5.11 Å². The molecule has 0 spiro atoms. The second-order valence-corrected chi connectivity index (χ2v) is 8.30. The van der Waals surface area contributed by atoms with E-state index in [1.54, 1.807) is 6.07 Å². The van der Waals surface area contributed by atoms with E-state index in [1.165, 1.54) is 5.39 Å². The third-order valence-electron chi connectivity index (χ3n) is 6.44. The number of rotatable bonds is 2. The predicted molar refractivity (Wildman–Crippen MR) is 135 cm³/mol. The van der Waals surface area contributed by atoms with E-state index in [9.17, 15) is 5.11 Å². The van der Waals surface area contributed by atoms with Crippen LogP contribution in [0.25, 0.3) is 55.1 Å². The monoisotopic (exact) mass is 425 g/mol. The number of fused-ring (bicyclic) bond motifs is 6. The molecule has 0 amide bonds. The largest absolute Gasteiger partial charge is 0.508 e. The molecular weight excluding hydrogens is 406 g/mol. The molecule has 0 saturated heterocycles. The van der Waals surface area contributed by atoms with Gasteiger partial charge in [0.1, 0.15) is 11.6 Å². The molecular formula is C29H19N3O. The van der Waals surface area contributed by atoms with E-state index >= 15 is 0 Å². The summed E-state index contributed by atoms with van der Waals surface area (Å²) in [6, 6.07) is 34.8. The van der Waals surface area contributed by atoms with Crippen LogP contribution in [0.3, 0.4) is 0 Å². The summed E-state index contributed by atoms with van der Waals surface area (Å²) in [6.45, 7) is 0. The van der Waals surface area contributed by atoms with Crippen LogP contribution in [-0.4, -0.2) is 19.2 Å². The van der Waals surface area contributed by atoms with Crippen molar-refractivity contribution in [2.45, 2.75) is 0 Å². The van der Waals surface area contributed by atoms with Crippen molar-refractivity contribution in [2.75, 3.05) is 0 Å². The molecule has 0 unspecified atom stereocenters. The van der Waals surface area contributed by atoms with E-state index in [1.807, 2.05) is 36.5 Å². The first-order chi connectivity index (χ1) is 16.3. The fourth-order valence-corrected chi connectivity index (χ4v) is 5.04. The van der Waals surface area contributed by atoms with Crippen LogP contribution in [0.2, 0.25) is 0 Å². The summed E-state index contributed by atoms with van der Waals surface area (Å²) in [4.78, 5) is 4.90. The molecule has 0 radical (unpaired) electrons. The summed E-state index contributed by atoms with van der Waals surface area (Å²) < 4.78 is 4.43. The van der Waals surface area contributed by atoms with Crippen LogP contribution in [0, 0.1) is 0 Å². The lowest BCUT2D eigenvalue weighted by Crippen LogP contribution is -1.99. The lowest BCUT2D eigenvalue weighted by Gasteiger charge is -2.10. The fraction of sp³-hybridized carbons (Fsp3) is 0. The zero-order valence-corrected chi connectivity index (χ0v) is 17.7. The Bertz CT molecular complexity index is 1830. The van der Waals surface area contributed by atoms with Gasteiger partial charge in [0.05, 0.1) is 22.1 Å². The number of phenolic OH excluding ortho intramolecular Hbond substituents is 1. The Morgan fingerprint density at radius 3 is 1.91 bits per heavy atom. The van der Waals surface area contributed by atoms with Crippen LogP contribution >= 0.6 is 0 Å². The molecule has 3 heterocycles. The second kappa shape index (κ2) is 6.71. The van der Waals surface area contributed by atoms with Crippen LogP contribution in [0.4, 0.5) is 0 Å². The van der Waals surface area contributed by atoms with Crippen molar-refractivity contribution in [2.24, 2.45) is 0 Å². The summed E-state index contributed by atoms with van der Waals surface area (Å²) in [5, 5.41) is 14.8. The Morgan fingerprint density at radius 1 is 0.515 bits per heavy atom. The second-order valence-electron chi connectivity index (χ2n) is 8.30. The molecule has 1 N–H and O–H groups in total. The topological polar surface area (TPSA) is 43.0 Å². The highest BCUT2D eigenvalue weighted by atomic mass is 16.3. The number of hydrogen-bond donors (Lipinski definition) is 1. The third-order valence-corrected chi connectivity index (χ3v) is 6.44. The molecule has 0 saturated carbocycles. The van der Waals surface area contributed by atoms with Crippen LogP contribution < -0.4 is 0 Å². The number of benzene rings is 4. The average Bonchev–Trinajstić information content (AvgIpc) is 3.36. The molecule has 33 heavy (non-hydrogen) atoms. The van der Waals surface area contributed by atoms with Crippen LogP contribution in [0.5, 0.6) is 5.75 Å². The predicted octanol–water partition coefficient (Wildman–Crippen LogP) is 6.98. The van der Waals surface area contributed by atoms with Crippen LogP contribution in [-0.2, 0) is 0 Å². The van der Waals surface area contributed by atoms with Gasteiger partial charge in [-0.3, -0.25) is 4.57 Å². The minimum absolute atomic E-state index is 0.242. The van der Waals surface area contributed by atoms with Crippen LogP contribution in [0.15, 0.2) is 109 Å². The third kappa shape index (κ3) is 2.55. The molecule has 0 aliphatic rings. The number of phenols is 1. The first-order valence-electron chi connectivity index (χ1n) is 11.0. The number of pyridine rings is 1. The zero-order chi connectivity index (χ0) is 21.9. The molecule has 4 aromatic carbocycles. The van der Waals surface area contributed by atoms with E-state index in [-0.39, 0.29) is 5.75 Å². The number of hydrogen-bond acceptors (Lipinski definition) is 2. The van der Waals surface area contributed by atoms with Crippen molar-refractivity contribution >= 4 is 43.6 Å². The van der Waals surface area contributed by atoms with Crippen LogP contribution in [0.1, 0.15) is 0 Å². The summed E-state index contributed by atoms with van der Waals surface area (Å²) in [5.74, 6) is 1.06. The highest BCUT2D eigenvalue weighted by molar-refractivity contribution is 6.11. The smallest absolute Gasteiger partial charge is 0.139 e. The van der Waals surface area contributed by atoms with Crippen molar-refractivity contribution in [3.8, 4) is 17.3 Å². The summed E-state index contributed by atoms with van der Waals surface area (Å²) in [5.41, 5.74) is 5.36. The van der Waals surface area contributed by atoms with Crippen molar-refractivity contribution in [3.05, 3.63) is 109 Å². The Labute approximate surface area is 189 Å². The maximum Gasteiger partial charge on any atom is 0.139 e. The van der Waals surface area contributed by atoms with E-state index in [0.717, 1.165) is 49.7 Å². The summed E-state index contributed by atoms with van der Waals surface area (Å²) in [7, 11) is 0. The molecule has 4 nitrogen and oxygen atoms in total. The Morgan fingerprint density at radius 2 is 1.12 bits per heavy atom. The number of nitrogens with zero attached hydrogens (tertiary/aromatic N) is 3. The highest BCUT2D eigenvalue weighted by Gasteiger charge is 2.17. The van der Waals surface area contributed by atoms with Gasteiger partial charge in [-0.15, -0.1) is 0 Å². The maximum atomic E-state index is 10.2. The van der Waals surface area contributed by atoms with Crippen molar-refractivity contribution in [1.29, 1.82) is 0 Å². The fourth-order valence-electron chi connectivity index (χ4n) is 5.04. The van der Waals surface area contributed by atoms with Gasteiger partial charge in [0, 0.05) is 45.6 Å². The molecule has 0 fully saturated rings. The summed E-state index contributed by atoms with van der Waals surface area (Å²) in [6.07, 6.45) is 1.97. The first kappa shape index (κ1) is 18.0. The number of para-hydroxylation sites is 3. The quantitative estimate of drug-likeness (QED) is 0.325. The van der Waals surface area contributed by atoms with Gasteiger partial charge in [-0.2, -0.15) is 0 Å². The molecule has 0 atom stereocenters. The van der Waals surface area contributed by atoms with E-state index < -0.39 is 0 Å². The van der Waals surface area contributed by atoms with Gasteiger partial charge in [-0.25, -0.2) is 4.98 Å². The molecule has 0 aliphatic heterocycles.